The van der Waals surface area contributed by atoms with Gasteiger partial charge in [-0.05, 0) is 61.4 Å². The lowest BCUT2D eigenvalue weighted by molar-refractivity contribution is 1.26. The summed E-state index contributed by atoms with van der Waals surface area (Å²) in [6, 6.07) is 29.7. The van der Waals surface area contributed by atoms with Crippen molar-refractivity contribution < 1.29 is 0 Å². The van der Waals surface area contributed by atoms with Crippen molar-refractivity contribution >= 4 is 55.2 Å². The van der Waals surface area contributed by atoms with Crippen LogP contribution in [0.4, 0.5) is 0 Å². The summed E-state index contributed by atoms with van der Waals surface area (Å²) in [5.74, 6) is 0. The summed E-state index contributed by atoms with van der Waals surface area (Å²) in [5, 5.41) is 2.28. The number of aryl methyl sites for hydroxylation is 2. The molecule has 0 unspecified atom stereocenters. The average molecular weight is 473 g/mol. The minimum Gasteiger partial charge on any atom is -0.292 e. The number of fused-ring (bicyclic) bond motifs is 12. The summed E-state index contributed by atoms with van der Waals surface area (Å²) in [6.45, 7) is 12.3. The smallest absolute Gasteiger partial charge is 0.148 e. The quantitative estimate of drug-likeness (QED) is 0.221. The van der Waals surface area contributed by atoms with Gasteiger partial charge in [0.2, 0.25) is 0 Å². The summed E-state index contributed by atoms with van der Waals surface area (Å²) in [7, 11) is 0. The lowest BCUT2D eigenvalue weighted by atomic mass is 10.1. The molecule has 0 atom stereocenters. The van der Waals surface area contributed by atoms with E-state index in [4.69, 9.17) is 9.97 Å². The highest BCUT2D eigenvalue weighted by atomic mass is 15.1. The van der Waals surface area contributed by atoms with Gasteiger partial charge in [0.1, 0.15) is 11.3 Å². The van der Waals surface area contributed by atoms with Crippen molar-refractivity contribution in [2.24, 2.45) is 0 Å². The molecular formula is C32H32N4. The Morgan fingerprint density at radius 3 is 1.22 bits per heavy atom. The minimum atomic E-state index is 0.967. The van der Waals surface area contributed by atoms with E-state index in [1.54, 1.807) is 0 Å². The van der Waals surface area contributed by atoms with Crippen molar-refractivity contribution in [3.8, 4) is 0 Å². The molecule has 0 aliphatic heterocycles. The molecule has 0 saturated carbocycles. The van der Waals surface area contributed by atoms with Crippen LogP contribution in [-0.2, 0) is 0 Å². The van der Waals surface area contributed by atoms with Crippen molar-refractivity contribution in [1.82, 2.24) is 18.8 Å². The molecule has 0 aliphatic rings. The molecule has 0 amide bonds. The van der Waals surface area contributed by atoms with Gasteiger partial charge in [-0.25, -0.2) is 9.97 Å². The Kier molecular flexibility index (Phi) is 6.19. The lowest BCUT2D eigenvalue weighted by Crippen LogP contribution is -1.96. The molecule has 4 nitrogen and oxygen atoms in total. The van der Waals surface area contributed by atoms with Crippen molar-refractivity contribution in [3.05, 3.63) is 96.1 Å². The molecule has 3 aromatic heterocycles. The van der Waals surface area contributed by atoms with Gasteiger partial charge < -0.3 is 0 Å². The first-order chi connectivity index (χ1) is 17.7. The van der Waals surface area contributed by atoms with E-state index in [2.05, 4.69) is 108 Å². The summed E-state index contributed by atoms with van der Waals surface area (Å²) in [5.41, 5.74) is 10.7. The Morgan fingerprint density at radius 2 is 0.806 bits per heavy atom. The van der Waals surface area contributed by atoms with E-state index in [1.165, 1.54) is 11.1 Å². The van der Waals surface area contributed by atoms with Crippen LogP contribution in [0.5, 0.6) is 0 Å². The first kappa shape index (κ1) is 23.6. The zero-order valence-electron chi connectivity index (χ0n) is 21.9. The number of imidazole rings is 2. The summed E-state index contributed by atoms with van der Waals surface area (Å²) >= 11 is 0. The van der Waals surface area contributed by atoms with E-state index >= 15 is 0 Å². The van der Waals surface area contributed by atoms with Crippen LogP contribution in [0.1, 0.15) is 38.8 Å². The molecule has 0 fully saturated rings. The Hall–Kier alpha value is -4.18. The zero-order valence-corrected chi connectivity index (χ0v) is 21.9. The summed E-state index contributed by atoms with van der Waals surface area (Å²) in [6.07, 6.45) is 0. The van der Waals surface area contributed by atoms with Crippen LogP contribution >= 0.6 is 0 Å². The minimum absolute atomic E-state index is 0.967. The van der Waals surface area contributed by atoms with Crippen molar-refractivity contribution in [2.45, 2.75) is 41.5 Å². The van der Waals surface area contributed by atoms with Crippen LogP contribution < -0.4 is 0 Å². The molecule has 3 heterocycles. The molecule has 180 valence electrons. The maximum absolute atomic E-state index is 5.15. The third-order valence-corrected chi connectivity index (χ3v) is 6.55. The van der Waals surface area contributed by atoms with E-state index < -0.39 is 0 Å². The molecule has 0 bridgehead atoms. The highest BCUT2D eigenvalue weighted by Crippen LogP contribution is 2.33. The van der Waals surface area contributed by atoms with Crippen LogP contribution in [0.25, 0.3) is 55.2 Å². The topological polar surface area (TPSA) is 34.6 Å². The zero-order chi connectivity index (χ0) is 25.4. The predicted octanol–water partition coefficient (Wildman–Crippen LogP) is 8.83. The molecule has 0 saturated heterocycles. The summed E-state index contributed by atoms with van der Waals surface area (Å²) in [4.78, 5) is 10.3. The van der Waals surface area contributed by atoms with Crippen LogP contribution in [0.15, 0.2) is 84.9 Å². The molecular weight excluding hydrogens is 440 g/mol. The average Bonchev–Trinajstić information content (AvgIpc) is 3.48. The predicted molar refractivity (Wildman–Crippen MR) is 155 cm³/mol. The monoisotopic (exact) mass is 472 g/mol. The van der Waals surface area contributed by atoms with Gasteiger partial charge in [0, 0.05) is 10.8 Å². The maximum atomic E-state index is 5.15. The third kappa shape index (κ3) is 3.36. The molecule has 0 radical (unpaired) electrons. The third-order valence-electron chi connectivity index (χ3n) is 6.55. The number of hydrogen-bond donors (Lipinski definition) is 0. The molecule has 4 aromatic carbocycles. The van der Waals surface area contributed by atoms with E-state index in [1.807, 2.05) is 27.7 Å². The van der Waals surface area contributed by atoms with Gasteiger partial charge in [-0.2, -0.15) is 0 Å². The molecule has 7 aromatic rings. The highest BCUT2D eigenvalue weighted by Gasteiger charge is 2.17. The fourth-order valence-corrected chi connectivity index (χ4v) is 5.13. The lowest BCUT2D eigenvalue weighted by Gasteiger charge is -2.10. The molecule has 0 N–H and O–H groups in total. The second-order valence-corrected chi connectivity index (χ2v) is 8.46. The first-order valence-electron chi connectivity index (χ1n) is 12.9. The maximum Gasteiger partial charge on any atom is 0.148 e. The fourth-order valence-electron chi connectivity index (χ4n) is 5.13. The van der Waals surface area contributed by atoms with Crippen molar-refractivity contribution in [1.29, 1.82) is 0 Å². The fraction of sp³-hybridized carbons (Fsp3) is 0.188. The van der Waals surface area contributed by atoms with Crippen molar-refractivity contribution in [2.75, 3.05) is 0 Å². The Labute approximate surface area is 211 Å². The van der Waals surface area contributed by atoms with Crippen LogP contribution in [0.3, 0.4) is 0 Å². The van der Waals surface area contributed by atoms with Gasteiger partial charge in [-0.15, -0.1) is 0 Å². The molecule has 36 heavy (non-hydrogen) atoms. The van der Waals surface area contributed by atoms with E-state index in [0.717, 1.165) is 55.2 Å². The molecule has 0 spiro atoms. The van der Waals surface area contributed by atoms with Gasteiger partial charge in [0.25, 0.3) is 0 Å². The van der Waals surface area contributed by atoms with Crippen LogP contribution in [0.2, 0.25) is 0 Å². The summed E-state index contributed by atoms with van der Waals surface area (Å²) < 4.78 is 4.62. The number of aromatic nitrogens is 4. The molecule has 0 aliphatic carbocycles. The van der Waals surface area contributed by atoms with Gasteiger partial charge in [0.15, 0.2) is 0 Å². The van der Waals surface area contributed by atoms with Crippen molar-refractivity contribution in [3.63, 3.8) is 0 Å². The second kappa shape index (κ2) is 9.46. The standard InChI is InChI=1S/C28H20N4.2C2H6/c1-17-9-7-15-23-25(17)27-29-19-11-3-6-14-22(19)32(27)24-16-8-10-18(2)26(24)28-30-20-12-4-5-13-21(20)31(23)28;2*1-2/h3-16H,1-2H3;2*1-2H3. The number of nitrogens with zero attached hydrogens (tertiary/aromatic N) is 4. The van der Waals surface area contributed by atoms with E-state index in [-0.39, 0.29) is 0 Å². The number of para-hydroxylation sites is 4. The molecule has 4 heteroatoms. The number of rotatable bonds is 0. The second-order valence-electron chi connectivity index (χ2n) is 8.46. The Bertz CT molecular complexity index is 1760. The number of benzene rings is 4. The van der Waals surface area contributed by atoms with E-state index in [9.17, 15) is 0 Å². The van der Waals surface area contributed by atoms with Crippen LogP contribution in [-0.4, -0.2) is 18.8 Å². The van der Waals surface area contributed by atoms with Gasteiger partial charge >= 0.3 is 0 Å². The normalized spacial score (nSPS) is 11.1. The van der Waals surface area contributed by atoms with Gasteiger partial charge in [0.05, 0.1) is 33.1 Å². The van der Waals surface area contributed by atoms with Gasteiger partial charge in [-0.1, -0.05) is 76.2 Å². The largest absolute Gasteiger partial charge is 0.292 e. The Balaban J connectivity index is 0.000000637. The first-order valence-corrected chi connectivity index (χ1v) is 12.9. The van der Waals surface area contributed by atoms with Gasteiger partial charge in [-0.3, -0.25) is 8.80 Å². The highest BCUT2D eigenvalue weighted by molar-refractivity contribution is 6.07. The SMILES string of the molecule is CC.CC.Cc1cccc2c1c1nc3ccccc3n1c1cccc(C)c1c1nc3ccccc3n21. The Morgan fingerprint density at radius 1 is 0.444 bits per heavy atom. The van der Waals surface area contributed by atoms with Crippen LogP contribution in [0, 0.1) is 13.8 Å². The molecule has 7 rings (SSSR count). The van der Waals surface area contributed by atoms with E-state index in [0.29, 0.717) is 0 Å². The number of hydrogen-bond acceptors (Lipinski definition) is 2.